The molecule has 0 N–H and O–H groups in total. The van der Waals surface area contributed by atoms with Gasteiger partial charge in [0.05, 0.1) is 17.9 Å². The van der Waals surface area contributed by atoms with Gasteiger partial charge in [-0.25, -0.2) is 0 Å². The molecule has 1 amide bonds. The molecule has 26 heavy (non-hydrogen) atoms. The van der Waals surface area contributed by atoms with Gasteiger partial charge >= 0.3 is 0 Å². The van der Waals surface area contributed by atoms with Crippen molar-refractivity contribution in [2.24, 2.45) is 0 Å². The van der Waals surface area contributed by atoms with Crippen LogP contribution in [0, 0.1) is 0 Å². The Kier molecular flexibility index (Phi) is 6.12. The van der Waals surface area contributed by atoms with Crippen LogP contribution in [0.15, 0.2) is 48.5 Å². The van der Waals surface area contributed by atoms with Gasteiger partial charge in [-0.15, -0.1) is 0 Å². The van der Waals surface area contributed by atoms with Crippen molar-refractivity contribution in [1.82, 2.24) is 4.90 Å². The summed E-state index contributed by atoms with van der Waals surface area (Å²) in [7, 11) is 0. The van der Waals surface area contributed by atoms with E-state index >= 15 is 0 Å². The third kappa shape index (κ3) is 3.84. The van der Waals surface area contributed by atoms with E-state index in [0.29, 0.717) is 6.54 Å². The van der Waals surface area contributed by atoms with Crippen LogP contribution in [0.1, 0.15) is 36.8 Å². The van der Waals surface area contributed by atoms with E-state index in [9.17, 15) is 4.79 Å². The third-order valence-corrected chi connectivity index (χ3v) is 5.10. The fraction of sp³-hybridized carbons (Fsp3) is 0.318. The van der Waals surface area contributed by atoms with Crippen LogP contribution >= 0.6 is 0 Å². The molecule has 1 saturated heterocycles. The van der Waals surface area contributed by atoms with Crippen molar-refractivity contribution in [3.8, 4) is 0 Å². The molecular formula is C22H24ClN2O-. The minimum Gasteiger partial charge on any atom is -1.00 e. The number of carbonyl (C=O) groups is 1. The number of hydrogen-bond donors (Lipinski definition) is 0. The molecule has 0 saturated carbocycles. The second-order valence-corrected chi connectivity index (χ2v) is 6.87. The summed E-state index contributed by atoms with van der Waals surface area (Å²) >= 11 is 0. The van der Waals surface area contributed by atoms with E-state index in [1.807, 2.05) is 41.3 Å². The molecule has 0 aromatic heterocycles. The zero-order valence-corrected chi connectivity index (χ0v) is 15.7. The average Bonchev–Trinajstić information content (AvgIpc) is 2.99. The van der Waals surface area contributed by atoms with Crippen molar-refractivity contribution in [1.29, 1.82) is 0 Å². The number of carbonyl (C=O) groups excluding carboxylic acids is 1. The number of halogens is 1. The number of likely N-dealkylation sites (tertiary alicyclic amines) is 1. The van der Waals surface area contributed by atoms with E-state index in [-0.39, 0.29) is 18.3 Å². The van der Waals surface area contributed by atoms with Gasteiger partial charge in [-0.1, -0.05) is 61.4 Å². The monoisotopic (exact) mass is 367 g/mol. The lowest BCUT2D eigenvalue weighted by Gasteiger charge is -2.28. The Bertz CT molecular complexity index is 745. The average molecular weight is 368 g/mol. The highest BCUT2D eigenvalue weighted by atomic mass is 35.5. The Labute approximate surface area is 161 Å². The number of anilines is 2. The highest BCUT2D eigenvalue weighted by molar-refractivity contribution is 6.07. The summed E-state index contributed by atoms with van der Waals surface area (Å²) in [6.45, 7) is 2.55. The molecule has 2 aromatic carbocycles. The first-order valence-electron chi connectivity index (χ1n) is 9.24. The first-order valence-corrected chi connectivity index (χ1v) is 9.24. The number of amides is 1. The summed E-state index contributed by atoms with van der Waals surface area (Å²) < 4.78 is 0. The number of fused-ring (bicyclic) bond motifs is 2. The normalized spacial score (nSPS) is 16.7. The molecule has 2 aliphatic heterocycles. The molecular weight excluding hydrogens is 344 g/mol. The number of nitrogens with zero attached hydrogens (tertiary/aromatic N) is 2. The van der Waals surface area contributed by atoms with Crippen LogP contribution in [0.4, 0.5) is 11.4 Å². The lowest BCUT2D eigenvalue weighted by Crippen LogP contribution is -3.00. The molecule has 2 aliphatic rings. The predicted octanol–water partition coefficient (Wildman–Crippen LogP) is 1.72. The van der Waals surface area contributed by atoms with E-state index in [1.165, 1.54) is 25.7 Å². The molecule has 0 spiro atoms. The van der Waals surface area contributed by atoms with Crippen molar-refractivity contribution >= 4 is 29.4 Å². The van der Waals surface area contributed by atoms with Crippen molar-refractivity contribution in [2.75, 3.05) is 24.5 Å². The zero-order valence-electron chi connectivity index (χ0n) is 14.9. The van der Waals surface area contributed by atoms with E-state index in [1.54, 1.807) is 0 Å². The fourth-order valence-corrected chi connectivity index (χ4v) is 3.80. The van der Waals surface area contributed by atoms with E-state index in [4.69, 9.17) is 0 Å². The largest absolute Gasteiger partial charge is 1.00 e. The molecule has 0 unspecified atom stereocenters. The van der Waals surface area contributed by atoms with Crippen LogP contribution in [-0.4, -0.2) is 30.4 Å². The summed E-state index contributed by atoms with van der Waals surface area (Å²) in [6, 6.07) is 16.3. The van der Waals surface area contributed by atoms with Crippen LogP contribution < -0.4 is 17.3 Å². The summed E-state index contributed by atoms with van der Waals surface area (Å²) in [5.41, 5.74) is 4.12. The highest BCUT2D eigenvalue weighted by Crippen LogP contribution is 2.36. The smallest absolute Gasteiger partial charge is 0.245 e. The van der Waals surface area contributed by atoms with Gasteiger partial charge in [0.1, 0.15) is 0 Å². The molecule has 0 atom stereocenters. The number of para-hydroxylation sites is 2. The van der Waals surface area contributed by atoms with E-state index in [0.717, 1.165) is 35.6 Å². The first kappa shape index (κ1) is 18.7. The quantitative estimate of drug-likeness (QED) is 0.807. The number of hydrogen-bond acceptors (Lipinski definition) is 2. The topological polar surface area (TPSA) is 23.6 Å². The Morgan fingerprint density at radius 3 is 1.81 bits per heavy atom. The Morgan fingerprint density at radius 2 is 1.27 bits per heavy atom. The molecule has 4 heteroatoms. The van der Waals surface area contributed by atoms with Crippen LogP contribution in [0.3, 0.4) is 0 Å². The molecule has 1 fully saturated rings. The van der Waals surface area contributed by atoms with Crippen molar-refractivity contribution in [2.45, 2.75) is 25.7 Å². The van der Waals surface area contributed by atoms with Crippen LogP contribution in [0.2, 0.25) is 0 Å². The minimum atomic E-state index is 0. The predicted molar refractivity (Wildman–Crippen MR) is 104 cm³/mol. The molecule has 0 bridgehead atoms. The summed E-state index contributed by atoms with van der Waals surface area (Å²) in [5.74, 6) is 0.158. The Hall–Kier alpha value is -2.10. The molecule has 136 valence electrons. The summed E-state index contributed by atoms with van der Waals surface area (Å²) in [5, 5.41) is 0. The van der Waals surface area contributed by atoms with Gasteiger partial charge in [-0.05, 0) is 49.2 Å². The molecule has 0 radical (unpaired) electrons. The fourth-order valence-electron chi connectivity index (χ4n) is 3.80. The molecule has 4 rings (SSSR count). The van der Waals surface area contributed by atoms with Gasteiger partial charge in [0.15, 0.2) is 0 Å². The maximum atomic E-state index is 13.3. The van der Waals surface area contributed by atoms with Gasteiger partial charge in [0.25, 0.3) is 0 Å². The second-order valence-electron chi connectivity index (χ2n) is 6.87. The molecule has 3 nitrogen and oxygen atoms in total. The Balaban J connectivity index is 0.00000196. The maximum absolute atomic E-state index is 13.3. The van der Waals surface area contributed by atoms with Gasteiger partial charge in [0, 0.05) is 0 Å². The second kappa shape index (κ2) is 8.52. The van der Waals surface area contributed by atoms with E-state index in [2.05, 4.69) is 29.2 Å². The highest BCUT2D eigenvalue weighted by Gasteiger charge is 2.25. The third-order valence-electron chi connectivity index (χ3n) is 5.10. The van der Waals surface area contributed by atoms with Gasteiger partial charge in [-0.2, -0.15) is 0 Å². The minimum absolute atomic E-state index is 0. The summed E-state index contributed by atoms with van der Waals surface area (Å²) in [6.07, 6.45) is 9.17. The van der Waals surface area contributed by atoms with Crippen molar-refractivity contribution in [3.05, 3.63) is 59.7 Å². The van der Waals surface area contributed by atoms with Crippen LogP contribution in [0.5, 0.6) is 0 Å². The molecule has 2 heterocycles. The van der Waals surface area contributed by atoms with Crippen molar-refractivity contribution < 1.29 is 17.2 Å². The van der Waals surface area contributed by atoms with E-state index < -0.39 is 0 Å². The van der Waals surface area contributed by atoms with Crippen molar-refractivity contribution in [3.63, 3.8) is 0 Å². The lowest BCUT2D eigenvalue weighted by atomic mass is 10.1. The first-order chi connectivity index (χ1) is 12.3. The van der Waals surface area contributed by atoms with Gasteiger partial charge in [0.2, 0.25) is 5.91 Å². The Morgan fingerprint density at radius 1 is 0.769 bits per heavy atom. The summed E-state index contributed by atoms with van der Waals surface area (Å²) in [4.78, 5) is 17.5. The number of benzene rings is 2. The number of rotatable bonds is 2. The molecule has 0 aliphatic carbocycles. The maximum Gasteiger partial charge on any atom is 0.245 e. The molecule has 2 aromatic rings. The standard InChI is InChI=1S/C22H24N2O.ClH/c25-22(17-23-15-7-1-2-8-16-23)24-20-11-5-3-9-18(20)13-14-19-10-4-6-12-21(19)24;/h3-6,9-14H,1-2,7-8,15-17H2;1H/p-1. The van der Waals surface area contributed by atoms with Crippen LogP contribution in [-0.2, 0) is 4.79 Å². The van der Waals surface area contributed by atoms with Crippen LogP contribution in [0.25, 0.3) is 12.2 Å². The zero-order chi connectivity index (χ0) is 17.1. The SMILES string of the molecule is O=C(CN1CCCCCC1)N1c2ccccc2C=Cc2ccccc21.[Cl-]. The lowest BCUT2D eigenvalue weighted by molar-refractivity contribution is -0.119. The van der Waals surface area contributed by atoms with Gasteiger partial charge in [-0.3, -0.25) is 14.6 Å². The van der Waals surface area contributed by atoms with Gasteiger partial charge < -0.3 is 12.4 Å².